The third kappa shape index (κ3) is 7.38. The van der Waals surface area contributed by atoms with Gasteiger partial charge in [-0.15, -0.1) is 0 Å². The highest BCUT2D eigenvalue weighted by Crippen LogP contribution is 2.46. The Morgan fingerprint density at radius 3 is 2.62 bits per heavy atom. The van der Waals surface area contributed by atoms with Gasteiger partial charge < -0.3 is 23.7 Å². The van der Waals surface area contributed by atoms with Crippen LogP contribution in [0.15, 0.2) is 42.6 Å². The zero-order valence-electron chi connectivity index (χ0n) is 23.2. The molecular formula is C26H34ClFN5O8P. The molecular weight excluding hydrogens is 596 g/mol. The number of aliphatic hydroxyl groups excluding tert-OH is 1. The number of ether oxygens (including phenoxy) is 2. The average Bonchev–Trinajstić information content (AvgIpc) is 3.52. The average molecular weight is 630 g/mol. The largest absolute Gasteiger partial charge is 0.464 e. The Balaban J connectivity index is 1.49. The first-order valence-electron chi connectivity index (χ1n) is 13.4. The summed E-state index contributed by atoms with van der Waals surface area (Å²) < 4.78 is 52.8. The first-order valence-corrected chi connectivity index (χ1v) is 15.4. The number of nitrogens with one attached hydrogen (secondary N) is 2. The number of nitrogens with zero attached hydrogens (tertiary/aromatic N) is 3. The van der Waals surface area contributed by atoms with Crippen LogP contribution in [0.4, 0.5) is 10.2 Å². The molecule has 2 aromatic heterocycles. The van der Waals surface area contributed by atoms with Crippen molar-refractivity contribution in [1.29, 1.82) is 0 Å². The van der Waals surface area contributed by atoms with Crippen molar-refractivity contribution in [3.8, 4) is 5.75 Å². The van der Waals surface area contributed by atoms with Crippen LogP contribution in [0.3, 0.4) is 0 Å². The van der Waals surface area contributed by atoms with Crippen LogP contribution in [0.2, 0.25) is 5.28 Å². The molecule has 0 bridgehead atoms. The van der Waals surface area contributed by atoms with E-state index >= 15 is 4.39 Å². The van der Waals surface area contributed by atoms with Gasteiger partial charge in [-0.05, 0) is 42.6 Å². The molecule has 4 rings (SSSR count). The molecule has 1 aromatic carbocycles. The second kappa shape index (κ2) is 14.1. The van der Waals surface area contributed by atoms with Crippen LogP contribution in [0.25, 0.3) is 11.0 Å². The monoisotopic (exact) mass is 629 g/mol. The molecule has 0 spiro atoms. The molecule has 3 aromatic rings. The quantitative estimate of drug-likeness (QED) is 0.0845. The van der Waals surface area contributed by atoms with Crippen LogP contribution in [0.5, 0.6) is 5.75 Å². The maximum Gasteiger partial charge on any atom is 0.459 e. The van der Waals surface area contributed by atoms with Gasteiger partial charge in [0.15, 0.2) is 18.2 Å². The van der Waals surface area contributed by atoms with E-state index < -0.39 is 51.0 Å². The van der Waals surface area contributed by atoms with E-state index in [9.17, 15) is 19.7 Å². The lowest BCUT2D eigenvalue weighted by molar-refractivity contribution is -0.146. The van der Waals surface area contributed by atoms with E-state index in [2.05, 4.69) is 15.1 Å². The molecule has 0 amide bonds. The number of para-hydroxylation sites is 1. The number of aliphatic hydroxyl groups is 1. The predicted molar refractivity (Wildman–Crippen MR) is 151 cm³/mol. The number of anilines is 1. The standard InChI is InChI=1S/C26H34ClFN5O8P/c1-4-16(5-2)13-38-25(35)15(3)32-42(37,41-17-9-7-6-8-10-17)39-14-19-21(34)20(28)24(40-19)33-12-11-18-22(31-36)29-26(27)30-23(18)33/h6-12,15-16,19-21,24,34,36H,4-5,13-14H2,1-3H3,(H,32,37)(H,29,30,31)/t15-,19+,20?,21?,24+,42?/m0/s1. The number of aromatic nitrogens is 3. The number of carbonyl (C=O) groups excluding carboxylic acids is 1. The number of esters is 1. The van der Waals surface area contributed by atoms with Gasteiger partial charge in [-0.2, -0.15) is 15.1 Å². The summed E-state index contributed by atoms with van der Waals surface area (Å²) >= 11 is 5.94. The van der Waals surface area contributed by atoms with E-state index in [1.165, 1.54) is 23.8 Å². The fraction of sp³-hybridized carbons (Fsp3) is 0.500. The Kier molecular flexibility index (Phi) is 10.8. The molecule has 0 aliphatic carbocycles. The van der Waals surface area contributed by atoms with Crippen LogP contribution in [-0.4, -0.2) is 68.5 Å². The molecule has 3 unspecified atom stereocenters. The first kappa shape index (κ1) is 32.1. The van der Waals surface area contributed by atoms with E-state index in [4.69, 9.17) is 30.1 Å². The lowest BCUT2D eigenvalue weighted by Gasteiger charge is -2.25. The molecule has 4 N–H and O–H groups in total. The third-order valence-electron chi connectivity index (χ3n) is 6.92. The van der Waals surface area contributed by atoms with Crippen molar-refractivity contribution in [2.75, 3.05) is 18.7 Å². The summed E-state index contributed by atoms with van der Waals surface area (Å²) in [4.78, 5) is 20.6. The minimum Gasteiger partial charge on any atom is -0.464 e. The Hall–Kier alpha value is -2.84. The number of alkyl halides is 1. The van der Waals surface area contributed by atoms with Crippen LogP contribution in [-0.2, 0) is 23.4 Å². The highest BCUT2D eigenvalue weighted by molar-refractivity contribution is 7.52. The zero-order valence-corrected chi connectivity index (χ0v) is 24.9. The molecule has 0 saturated carbocycles. The second-order valence-electron chi connectivity index (χ2n) is 9.77. The van der Waals surface area contributed by atoms with Gasteiger partial charge in [-0.3, -0.25) is 20.0 Å². The molecule has 13 nitrogen and oxygen atoms in total. The minimum absolute atomic E-state index is 0.00443. The molecule has 6 atom stereocenters. The van der Waals surface area contributed by atoms with Gasteiger partial charge in [0.25, 0.3) is 0 Å². The summed E-state index contributed by atoms with van der Waals surface area (Å²) in [5, 5.41) is 22.7. The second-order valence-corrected chi connectivity index (χ2v) is 11.8. The zero-order chi connectivity index (χ0) is 30.4. The molecule has 0 radical (unpaired) electrons. The van der Waals surface area contributed by atoms with Crippen molar-refractivity contribution < 1.29 is 42.6 Å². The number of halogens is 2. The number of hydrogen-bond donors (Lipinski definition) is 4. The number of benzene rings is 1. The van der Waals surface area contributed by atoms with E-state index in [1.54, 1.807) is 30.3 Å². The molecule has 230 valence electrons. The number of fused-ring (bicyclic) bond motifs is 1. The Bertz CT molecular complexity index is 1400. The lowest BCUT2D eigenvalue weighted by Crippen LogP contribution is -2.37. The number of rotatable bonds is 14. The van der Waals surface area contributed by atoms with Crippen LogP contribution >= 0.6 is 19.3 Å². The summed E-state index contributed by atoms with van der Waals surface area (Å²) in [6.07, 6.45) is -3.19. The van der Waals surface area contributed by atoms with Gasteiger partial charge in [0.1, 0.15) is 29.6 Å². The van der Waals surface area contributed by atoms with Gasteiger partial charge in [-0.1, -0.05) is 44.9 Å². The van der Waals surface area contributed by atoms with Gasteiger partial charge in [-0.25, -0.2) is 8.96 Å². The Morgan fingerprint density at radius 1 is 1.24 bits per heavy atom. The van der Waals surface area contributed by atoms with Crippen molar-refractivity contribution >= 4 is 42.2 Å². The van der Waals surface area contributed by atoms with E-state index in [1.807, 2.05) is 19.3 Å². The van der Waals surface area contributed by atoms with Gasteiger partial charge in [0, 0.05) is 6.20 Å². The smallest absolute Gasteiger partial charge is 0.459 e. The van der Waals surface area contributed by atoms with Crippen molar-refractivity contribution in [1.82, 2.24) is 19.6 Å². The predicted octanol–water partition coefficient (Wildman–Crippen LogP) is 4.64. The summed E-state index contributed by atoms with van der Waals surface area (Å²) in [6.45, 7) is 5.09. The van der Waals surface area contributed by atoms with Crippen molar-refractivity contribution in [2.45, 2.75) is 64.3 Å². The molecule has 1 fully saturated rings. The Morgan fingerprint density at radius 2 is 1.95 bits per heavy atom. The van der Waals surface area contributed by atoms with E-state index in [0.29, 0.717) is 5.39 Å². The first-order chi connectivity index (χ1) is 20.1. The summed E-state index contributed by atoms with van der Waals surface area (Å²) in [5.74, 6) is -0.280. The topological polar surface area (TPSA) is 166 Å². The van der Waals surface area contributed by atoms with Crippen LogP contribution in [0.1, 0.15) is 39.8 Å². The molecule has 3 heterocycles. The fourth-order valence-electron chi connectivity index (χ4n) is 4.38. The minimum atomic E-state index is -4.29. The maximum atomic E-state index is 15.3. The molecule has 1 aliphatic heterocycles. The normalized spacial score (nSPS) is 22.7. The van der Waals surface area contributed by atoms with Gasteiger partial charge >= 0.3 is 13.7 Å². The lowest BCUT2D eigenvalue weighted by atomic mass is 10.1. The third-order valence-corrected chi connectivity index (χ3v) is 8.73. The number of hydrogen-bond acceptors (Lipinski definition) is 11. The number of carbonyl (C=O) groups is 1. The highest BCUT2D eigenvalue weighted by atomic mass is 35.5. The fourth-order valence-corrected chi connectivity index (χ4v) is 6.05. The Labute approximate surface area is 246 Å². The summed E-state index contributed by atoms with van der Waals surface area (Å²) in [5.41, 5.74) is 2.04. The van der Waals surface area contributed by atoms with Crippen LogP contribution in [0, 0.1) is 5.92 Å². The highest BCUT2D eigenvalue weighted by Gasteiger charge is 2.47. The molecule has 1 aliphatic rings. The summed E-state index contributed by atoms with van der Waals surface area (Å²) in [6, 6.07) is 8.55. The molecule has 1 saturated heterocycles. The summed E-state index contributed by atoms with van der Waals surface area (Å²) in [7, 11) is -4.29. The SMILES string of the molecule is CCC(CC)COC(=O)[C@H](C)NP(=O)(OC[C@H]1O[C@@H](n2ccc3c(NO)nc(Cl)nc32)C(F)C1O)Oc1ccccc1. The van der Waals surface area contributed by atoms with Gasteiger partial charge in [0.05, 0.1) is 18.6 Å². The van der Waals surface area contributed by atoms with Gasteiger partial charge in [0.2, 0.25) is 5.28 Å². The van der Waals surface area contributed by atoms with E-state index in [-0.39, 0.29) is 35.0 Å². The van der Waals surface area contributed by atoms with E-state index in [0.717, 1.165) is 12.8 Å². The van der Waals surface area contributed by atoms with Crippen molar-refractivity contribution in [3.63, 3.8) is 0 Å². The van der Waals surface area contributed by atoms with Crippen molar-refractivity contribution in [2.24, 2.45) is 5.92 Å². The molecule has 42 heavy (non-hydrogen) atoms. The van der Waals surface area contributed by atoms with Crippen LogP contribution < -0.4 is 15.1 Å². The maximum absolute atomic E-state index is 15.3. The molecule has 16 heteroatoms. The van der Waals surface area contributed by atoms with Crippen molar-refractivity contribution in [3.05, 3.63) is 47.9 Å².